The van der Waals surface area contributed by atoms with Gasteiger partial charge in [-0.05, 0) is 51.8 Å². The lowest BCUT2D eigenvalue weighted by Crippen LogP contribution is -2.40. The summed E-state index contributed by atoms with van der Waals surface area (Å²) < 4.78 is 18.1. The SMILES string of the molecule is CC(Cc1ccc(F)cc1)NCCN(C)C(=O)OC(C)(C)C. The Balaban J connectivity index is 2.28. The van der Waals surface area contributed by atoms with Crippen molar-refractivity contribution < 1.29 is 13.9 Å². The summed E-state index contributed by atoms with van der Waals surface area (Å²) in [7, 11) is 1.72. The molecule has 0 aliphatic heterocycles. The zero-order valence-electron chi connectivity index (χ0n) is 14.1. The van der Waals surface area contributed by atoms with Gasteiger partial charge in [-0.25, -0.2) is 9.18 Å². The molecule has 124 valence electrons. The van der Waals surface area contributed by atoms with Crippen LogP contribution in [0.5, 0.6) is 0 Å². The molecule has 1 amide bonds. The van der Waals surface area contributed by atoms with E-state index in [1.807, 2.05) is 20.8 Å². The number of likely N-dealkylation sites (N-methyl/N-ethyl adjacent to an activating group) is 1. The van der Waals surface area contributed by atoms with Crippen LogP contribution in [0, 0.1) is 5.82 Å². The van der Waals surface area contributed by atoms with Crippen LogP contribution in [0.25, 0.3) is 0 Å². The highest BCUT2D eigenvalue weighted by atomic mass is 19.1. The molecule has 0 fully saturated rings. The van der Waals surface area contributed by atoms with Crippen LogP contribution in [0.15, 0.2) is 24.3 Å². The van der Waals surface area contributed by atoms with Gasteiger partial charge in [-0.3, -0.25) is 0 Å². The van der Waals surface area contributed by atoms with Gasteiger partial charge in [-0.1, -0.05) is 12.1 Å². The largest absolute Gasteiger partial charge is 0.444 e. The Labute approximate surface area is 132 Å². The van der Waals surface area contributed by atoms with Crippen LogP contribution < -0.4 is 5.32 Å². The lowest BCUT2D eigenvalue weighted by Gasteiger charge is -2.25. The van der Waals surface area contributed by atoms with E-state index in [9.17, 15) is 9.18 Å². The van der Waals surface area contributed by atoms with Crippen LogP contribution in [0.2, 0.25) is 0 Å². The Bertz CT molecular complexity index is 469. The zero-order valence-corrected chi connectivity index (χ0v) is 14.1. The van der Waals surface area contributed by atoms with Crippen molar-refractivity contribution >= 4 is 6.09 Å². The van der Waals surface area contributed by atoms with E-state index in [0.717, 1.165) is 12.0 Å². The molecule has 0 radical (unpaired) electrons. The fraction of sp³-hybridized carbons (Fsp3) is 0.588. The van der Waals surface area contributed by atoms with Crippen LogP contribution >= 0.6 is 0 Å². The summed E-state index contributed by atoms with van der Waals surface area (Å²) in [5.41, 5.74) is 0.608. The molecule has 0 heterocycles. The number of amides is 1. The minimum Gasteiger partial charge on any atom is -0.444 e. The standard InChI is InChI=1S/C17H27FN2O2/c1-13(12-14-6-8-15(18)9-7-14)19-10-11-20(5)16(21)22-17(2,3)4/h6-9,13,19H,10-12H2,1-5H3. The Morgan fingerprint density at radius 2 is 1.91 bits per heavy atom. The second-order valence-electron chi connectivity index (χ2n) is 6.59. The maximum atomic E-state index is 12.8. The number of hydrogen-bond acceptors (Lipinski definition) is 3. The van der Waals surface area contributed by atoms with Crippen molar-refractivity contribution in [3.63, 3.8) is 0 Å². The van der Waals surface area contributed by atoms with Crippen LogP contribution in [-0.2, 0) is 11.2 Å². The maximum Gasteiger partial charge on any atom is 0.410 e. The number of nitrogens with zero attached hydrogens (tertiary/aromatic N) is 1. The molecule has 4 nitrogen and oxygen atoms in total. The quantitative estimate of drug-likeness (QED) is 0.877. The van der Waals surface area contributed by atoms with Crippen LogP contribution in [0.3, 0.4) is 0 Å². The van der Waals surface area contributed by atoms with Gasteiger partial charge in [0.25, 0.3) is 0 Å². The normalized spacial score (nSPS) is 12.8. The Kier molecular flexibility index (Phi) is 6.81. The van der Waals surface area contributed by atoms with Crippen molar-refractivity contribution in [3.05, 3.63) is 35.6 Å². The summed E-state index contributed by atoms with van der Waals surface area (Å²) in [5, 5.41) is 3.35. The molecule has 0 aliphatic rings. The molecule has 0 saturated heterocycles. The predicted octanol–water partition coefficient (Wildman–Crippen LogP) is 3.21. The fourth-order valence-electron chi connectivity index (χ4n) is 1.96. The van der Waals surface area contributed by atoms with Crippen molar-refractivity contribution in [3.8, 4) is 0 Å². The molecule has 0 saturated carbocycles. The second-order valence-corrected chi connectivity index (χ2v) is 6.59. The van der Waals surface area contributed by atoms with E-state index in [0.29, 0.717) is 13.1 Å². The number of hydrogen-bond donors (Lipinski definition) is 1. The molecule has 0 aliphatic carbocycles. The van der Waals surface area contributed by atoms with Crippen molar-refractivity contribution in [1.29, 1.82) is 0 Å². The van der Waals surface area contributed by atoms with Gasteiger partial charge < -0.3 is 15.0 Å². The minimum atomic E-state index is -0.478. The molecule has 1 rings (SSSR count). The van der Waals surface area contributed by atoms with Gasteiger partial charge in [-0.15, -0.1) is 0 Å². The molecular weight excluding hydrogens is 283 g/mol. The number of carbonyl (C=O) groups is 1. The average Bonchev–Trinajstić information content (AvgIpc) is 2.39. The highest BCUT2D eigenvalue weighted by Crippen LogP contribution is 2.09. The van der Waals surface area contributed by atoms with Crippen LogP contribution in [0.1, 0.15) is 33.3 Å². The Morgan fingerprint density at radius 3 is 2.45 bits per heavy atom. The minimum absolute atomic E-state index is 0.219. The molecule has 1 unspecified atom stereocenters. The van der Waals surface area contributed by atoms with Crippen molar-refractivity contribution in [2.45, 2.75) is 45.8 Å². The van der Waals surface area contributed by atoms with E-state index >= 15 is 0 Å². The number of rotatable bonds is 6. The van der Waals surface area contributed by atoms with Crippen LogP contribution in [-0.4, -0.2) is 42.8 Å². The molecule has 1 aromatic rings. The topological polar surface area (TPSA) is 41.6 Å². The first-order valence-corrected chi connectivity index (χ1v) is 7.59. The number of nitrogens with one attached hydrogen (secondary N) is 1. The molecule has 22 heavy (non-hydrogen) atoms. The van der Waals surface area contributed by atoms with Crippen molar-refractivity contribution in [1.82, 2.24) is 10.2 Å². The summed E-state index contributed by atoms with van der Waals surface area (Å²) >= 11 is 0. The third-order valence-electron chi connectivity index (χ3n) is 3.10. The summed E-state index contributed by atoms with van der Waals surface area (Å²) in [4.78, 5) is 13.4. The second kappa shape index (κ2) is 8.13. The van der Waals surface area contributed by atoms with Gasteiger partial charge in [0, 0.05) is 26.2 Å². The number of benzene rings is 1. The fourth-order valence-corrected chi connectivity index (χ4v) is 1.96. The lowest BCUT2D eigenvalue weighted by molar-refractivity contribution is 0.0299. The van der Waals surface area contributed by atoms with Gasteiger partial charge in [-0.2, -0.15) is 0 Å². The molecule has 1 N–H and O–H groups in total. The molecule has 0 bridgehead atoms. The number of ether oxygens (including phenoxy) is 1. The van der Waals surface area contributed by atoms with E-state index in [1.54, 1.807) is 24.1 Å². The smallest absolute Gasteiger partial charge is 0.410 e. The molecule has 0 spiro atoms. The van der Waals surface area contributed by atoms with Gasteiger partial charge in [0.1, 0.15) is 11.4 Å². The monoisotopic (exact) mass is 310 g/mol. The Hall–Kier alpha value is -1.62. The van der Waals surface area contributed by atoms with E-state index in [2.05, 4.69) is 12.2 Å². The van der Waals surface area contributed by atoms with Gasteiger partial charge in [0.15, 0.2) is 0 Å². The first-order chi connectivity index (χ1) is 10.2. The van der Waals surface area contributed by atoms with E-state index < -0.39 is 5.60 Å². The molecule has 1 atom stereocenters. The summed E-state index contributed by atoms with van der Waals surface area (Å²) in [6.07, 6.45) is 0.497. The molecule has 0 aromatic heterocycles. The first-order valence-electron chi connectivity index (χ1n) is 7.59. The highest BCUT2D eigenvalue weighted by molar-refractivity contribution is 5.67. The summed E-state index contributed by atoms with van der Waals surface area (Å²) in [5.74, 6) is -0.219. The molecular formula is C17H27FN2O2. The number of halogens is 1. The highest BCUT2D eigenvalue weighted by Gasteiger charge is 2.19. The van der Waals surface area contributed by atoms with Gasteiger partial charge in [0.2, 0.25) is 0 Å². The summed E-state index contributed by atoms with van der Waals surface area (Å²) in [6, 6.07) is 6.77. The van der Waals surface area contributed by atoms with Gasteiger partial charge in [0.05, 0.1) is 0 Å². The van der Waals surface area contributed by atoms with Crippen LogP contribution in [0.4, 0.5) is 9.18 Å². The zero-order chi connectivity index (χ0) is 16.8. The third-order valence-corrected chi connectivity index (χ3v) is 3.10. The maximum absolute atomic E-state index is 12.8. The Morgan fingerprint density at radius 1 is 1.32 bits per heavy atom. The van der Waals surface area contributed by atoms with Gasteiger partial charge >= 0.3 is 6.09 Å². The first kappa shape index (κ1) is 18.4. The van der Waals surface area contributed by atoms with Crippen molar-refractivity contribution in [2.24, 2.45) is 0 Å². The molecule has 5 heteroatoms. The van der Waals surface area contributed by atoms with E-state index in [1.165, 1.54) is 12.1 Å². The number of carbonyl (C=O) groups excluding carboxylic acids is 1. The average molecular weight is 310 g/mol. The molecule has 1 aromatic carbocycles. The van der Waals surface area contributed by atoms with Crippen molar-refractivity contribution in [2.75, 3.05) is 20.1 Å². The lowest BCUT2D eigenvalue weighted by atomic mass is 10.1. The van der Waals surface area contributed by atoms with E-state index in [4.69, 9.17) is 4.74 Å². The predicted molar refractivity (Wildman–Crippen MR) is 86.4 cm³/mol. The summed E-state index contributed by atoms with van der Waals surface area (Å²) in [6.45, 7) is 8.86. The third kappa shape index (κ3) is 7.41. The van der Waals surface area contributed by atoms with E-state index in [-0.39, 0.29) is 18.0 Å².